The Kier molecular flexibility index (Phi) is 15.8. The summed E-state index contributed by atoms with van der Waals surface area (Å²) < 4.78 is 14.4. The molecule has 0 fully saturated rings. The van der Waals surface area contributed by atoms with Crippen LogP contribution in [0.25, 0.3) is 22.6 Å². The van der Waals surface area contributed by atoms with Crippen LogP contribution in [-0.2, 0) is 48.7 Å². The van der Waals surface area contributed by atoms with Crippen LogP contribution in [0.1, 0.15) is 73.7 Å². The van der Waals surface area contributed by atoms with Crippen LogP contribution in [0.4, 0.5) is 0 Å². The summed E-state index contributed by atoms with van der Waals surface area (Å²) in [7, 11) is 0. The smallest absolute Gasteiger partial charge is 0.167 e. The molecule has 0 radical (unpaired) electrons. The van der Waals surface area contributed by atoms with Crippen molar-refractivity contribution in [3.8, 4) is 34.5 Å². The minimum absolute atomic E-state index is 0. The molecule has 11 nitrogen and oxygen atoms in total. The van der Waals surface area contributed by atoms with Gasteiger partial charge in [0.2, 0.25) is 0 Å². The van der Waals surface area contributed by atoms with Crippen LogP contribution in [0.5, 0.6) is 0 Å². The molecule has 0 aliphatic rings. The summed E-state index contributed by atoms with van der Waals surface area (Å²) in [5.74, 6) is 7.04. The standard InChI is InChI=1S/C18H17N4O2.C17H14N3O2.CH4.2W/c1-3-13-4-6-14(7-5-13)17-10-15(21-24-17)16(11-19)22-9-8-20-18(22)12(2)23;1-3-13-4-6-14(7-5-13)16-10-15(19-22-16)11-20-9-8-18-17(20)12(2)21;;;/h4-10,12,16,23H,11,19H2,2H3;4-10,12,21H,11H2,2H3;1H4;;/q2*-1;;;. The molecule has 13 heteroatoms. The van der Waals surface area contributed by atoms with Crippen molar-refractivity contribution in [1.82, 2.24) is 29.4 Å². The number of hydrogen-bond acceptors (Lipinski definition) is 9. The molecule has 4 heterocycles. The monoisotopic (exact) mass is 997 g/mol. The third-order valence-electron chi connectivity index (χ3n) is 7.14. The minimum Gasteiger partial charge on any atom is -0.385 e. The van der Waals surface area contributed by atoms with E-state index in [9.17, 15) is 10.2 Å². The van der Waals surface area contributed by atoms with Crippen LogP contribution in [0.3, 0.4) is 0 Å². The minimum atomic E-state index is -0.703. The number of aliphatic hydroxyl groups is 2. The Hall–Kier alpha value is -4.34. The third-order valence-corrected chi connectivity index (χ3v) is 7.14. The molecule has 0 amide bonds. The molecule has 4 N–H and O–H groups in total. The van der Waals surface area contributed by atoms with E-state index in [2.05, 4.69) is 32.1 Å². The molecule has 252 valence electrons. The molecule has 3 unspecified atom stereocenters. The largest absolute Gasteiger partial charge is 0.385 e. The van der Waals surface area contributed by atoms with Gasteiger partial charge in [0.1, 0.15) is 35.2 Å². The number of rotatable bonds is 9. The number of aliphatic hydroxyl groups excluding tert-OH is 2. The van der Waals surface area contributed by atoms with E-state index in [1.54, 1.807) is 67.5 Å². The van der Waals surface area contributed by atoms with Gasteiger partial charge in [0.05, 0.1) is 12.6 Å². The molecular formula is C36H35N7O4W2-2. The molecule has 49 heavy (non-hydrogen) atoms. The van der Waals surface area contributed by atoms with E-state index in [0.717, 1.165) is 16.8 Å². The van der Waals surface area contributed by atoms with Crippen LogP contribution < -0.4 is 5.73 Å². The molecule has 3 atom stereocenters. The van der Waals surface area contributed by atoms with Crippen molar-refractivity contribution in [3.05, 3.63) is 132 Å². The quantitative estimate of drug-likeness (QED) is 0.130. The van der Waals surface area contributed by atoms with Crippen molar-refractivity contribution in [1.29, 1.82) is 0 Å². The first-order chi connectivity index (χ1) is 22.3. The Labute approximate surface area is 314 Å². The molecule has 0 saturated carbocycles. The zero-order valence-electron chi connectivity index (χ0n) is 26.0. The van der Waals surface area contributed by atoms with Crippen molar-refractivity contribution in [2.75, 3.05) is 6.54 Å². The van der Waals surface area contributed by atoms with Gasteiger partial charge >= 0.3 is 0 Å². The van der Waals surface area contributed by atoms with Crippen LogP contribution in [0.15, 0.2) is 94.5 Å². The Balaban J connectivity index is 0.000000321. The van der Waals surface area contributed by atoms with Crippen molar-refractivity contribution in [2.24, 2.45) is 5.73 Å². The fourth-order valence-corrected chi connectivity index (χ4v) is 4.83. The van der Waals surface area contributed by atoms with Gasteiger partial charge < -0.3 is 47.0 Å². The van der Waals surface area contributed by atoms with Gasteiger partial charge in [-0.3, -0.25) is 11.8 Å². The van der Waals surface area contributed by atoms with Crippen molar-refractivity contribution in [2.45, 2.75) is 46.1 Å². The molecule has 2 aromatic carbocycles. The van der Waals surface area contributed by atoms with Crippen LogP contribution in [0.2, 0.25) is 0 Å². The van der Waals surface area contributed by atoms with Crippen LogP contribution in [-0.4, -0.2) is 46.2 Å². The summed E-state index contributed by atoms with van der Waals surface area (Å²) in [5.41, 5.74) is 10.5. The number of aromatic nitrogens is 6. The van der Waals surface area contributed by atoms with Crippen molar-refractivity contribution in [3.63, 3.8) is 0 Å². The van der Waals surface area contributed by atoms with E-state index in [1.165, 1.54) is 0 Å². The average molecular weight is 997 g/mol. The zero-order valence-corrected chi connectivity index (χ0v) is 31.9. The SMILES string of the molecule is C.[C-]#Cc1ccc(-c2cc(C(CN)n3ccnc3C(C)O)no2)cc1.[C-]#Cc1ccc(-c2cc(Cn3ccnc3C(C)O)no2)cc1.[W].[W]. The topological polar surface area (TPSA) is 154 Å². The fraction of sp³-hybridized carbons (Fsp3) is 0.222. The van der Waals surface area contributed by atoms with Gasteiger partial charge in [-0.15, -0.1) is 35.4 Å². The van der Waals surface area contributed by atoms with E-state index in [1.807, 2.05) is 41.0 Å². The first-order valence-electron chi connectivity index (χ1n) is 14.4. The van der Waals surface area contributed by atoms with Gasteiger partial charge in [-0.1, -0.05) is 42.0 Å². The number of imidazole rings is 2. The van der Waals surface area contributed by atoms with E-state index in [-0.39, 0.29) is 55.6 Å². The second-order valence-electron chi connectivity index (χ2n) is 10.4. The Morgan fingerprint density at radius 3 is 1.82 bits per heavy atom. The summed E-state index contributed by atoms with van der Waals surface area (Å²) in [6, 6.07) is 18.0. The van der Waals surface area contributed by atoms with Crippen molar-refractivity contribution < 1.29 is 61.4 Å². The zero-order chi connectivity index (χ0) is 32.6. The second-order valence-corrected chi connectivity index (χ2v) is 10.4. The normalized spacial score (nSPS) is 12.0. The van der Waals surface area contributed by atoms with E-state index in [0.29, 0.717) is 53.1 Å². The van der Waals surface area contributed by atoms with Crippen molar-refractivity contribution >= 4 is 0 Å². The van der Waals surface area contributed by atoms with Gasteiger partial charge in [-0.2, -0.15) is 0 Å². The number of hydrogen-bond donors (Lipinski definition) is 3. The molecule has 0 spiro atoms. The Bertz CT molecular complexity index is 1960. The Morgan fingerprint density at radius 1 is 0.776 bits per heavy atom. The first-order valence-corrected chi connectivity index (χ1v) is 14.4. The predicted octanol–water partition coefficient (Wildman–Crippen LogP) is 5.29. The van der Waals surface area contributed by atoms with Gasteiger partial charge in [0.15, 0.2) is 11.5 Å². The molecule has 6 aromatic rings. The van der Waals surface area contributed by atoms with E-state index >= 15 is 0 Å². The molecule has 6 rings (SSSR count). The molecule has 0 aliphatic heterocycles. The maximum atomic E-state index is 9.83. The maximum Gasteiger partial charge on any atom is 0.167 e. The summed E-state index contributed by atoms with van der Waals surface area (Å²) in [4.78, 5) is 8.29. The van der Waals surface area contributed by atoms with E-state index in [4.69, 9.17) is 27.6 Å². The summed E-state index contributed by atoms with van der Waals surface area (Å²) in [6.45, 7) is 4.11. The maximum absolute atomic E-state index is 9.83. The molecule has 0 saturated heterocycles. The molecular weight excluding hydrogens is 962 g/mol. The average Bonchev–Trinajstić information content (AvgIpc) is 3.90. The molecule has 0 bridgehead atoms. The first kappa shape index (κ1) is 40.8. The van der Waals surface area contributed by atoms with Crippen LogP contribution >= 0.6 is 0 Å². The van der Waals surface area contributed by atoms with Gasteiger partial charge in [0, 0.05) is 96.7 Å². The van der Waals surface area contributed by atoms with Crippen LogP contribution in [0, 0.1) is 24.7 Å². The molecule has 4 aromatic heterocycles. The number of benzene rings is 2. The predicted molar refractivity (Wildman–Crippen MR) is 175 cm³/mol. The summed E-state index contributed by atoms with van der Waals surface area (Å²) in [6.07, 6.45) is 19.7. The molecule has 0 aliphatic carbocycles. The number of nitrogens with zero attached hydrogens (tertiary/aromatic N) is 6. The number of nitrogens with two attached hydrogens (primary N) is 1. The Morgan fingerprint density at radius 2 is 1.29 bits per heavy atom. The third kappa shape index (κ3) is 9.86. The second kappa shape index (κ2) is 19.0. The fourth-order valence-electron chi connectivity index (χ4n) is 4.83. The van der Waals surface area contributed by atoms with Gasteiger partial charge in [0.25, 0.3) is 0 Å². The van der Waals surface area contributed by atoms with Gasteiger partial charge in [-0.05, 0) is 13.8 Å². The van der Waals surface area contributed by atoms with E-state index < -0.39 is 12.2 Å². The summed E-state index contributed by atoms with van der Waals surface area (Å²) >= 11 is 0. The van der Waals surface area contributed by atoms with Gasteiger partial charge in [-0.25, -0.2) is 9.97 Å². The summed E-state index contributed by atoms with van der Waals surface area (Å²) in [5, 5.41) is 27.7.